The predicted molar refractivity (Wildman–Crippen MR) is 53.4 cm³/mol. The first kappa shape index (κ1) is 10.0. The van der Waals surface area contributed by atoms with Gasteiger partial charge in [-0.15, -0.1) is 0 Å². The Hall–Kier alpha value is -0.0800. The van der Waals surface area contributed by atoms with E-state index in [-0.39, 0.29) is 0 Å². The molecule has 12 heavy (non-hydrogen) atoms. The summed E-state index contributed by atoms with van der Waals surface area (Å²) < 4.78 is 0. The molecule has 0 bridgehead atoms. The summed E-state index contributed by atoms with van der Waals surface area (Å²) >= 11 is 0. The van der Waals surface area contributed by atoms with Crippen LogP contribution in [-0.2, 0) is 0 Å². The maximum atomic E-state index is 3.39. The number of likely N-dealkylation sites (N-methyl/N-ethyl adjacent to an activating group) is 1. The third kappa shape index (κ3) is 3.11. The summed E-state index contributed by atoms with van der Waals surface area (Å²) in [5.74, 6) is 0. The molecule has 72 valence electrons. The summed E-state index contributed by atoms with van der Waals surface area (Å²) in [4.78, 5) is 2.58. The van der Waals surface area contributed by atoms with Crippen molar-refractivity contribution in [1.82, 2.24) is 10.2 Å². The summed E-state index contributed by atoms with van der Waals surface area (Å²) in [5.41, 5.74) is 0. The fourth-order valence-electron chi connectivity index (χ4n) is 1.95. The van der Waals surface area contributed by atoms with E-state index in [0.29, 0.717) is 6.04 Å². The van der Waals surface area contributed by atoms with Crippen molar-refractivity contribution >= 4 is 0 Å². The SMILES string of the molecule is CCCC(CN1CCCC1)NC. The van der Waals surface area contributed by atoms with Gasteiger partial charge in [-0.1, -0.05) is 13.3 Å². The molecule has 0 aromatic carbocycles. The molecule has 0 aromatic heterocycles. The number of hydrogen-bond acceptors (Lipinski definition) is 2. The van der Waals surface area contributed by atoms with Crippen molar-refractivity contribution in [3.8, 4) is 0 Å². The number of hydrogen-bond donors (Lipinski definition) is 1. The topological polar surface area (TPSA) is 15.3 Å². The third-order valence-electron chi connectivity index (χ3n) is 2.72. The minimum Gasteiger partial charge on any atom is -0.316 e. The summed E-state index contributed by atoms with van der Waals surface area (Å²) in [6.07, 6.45) is 5.41. The van der Waals surface area contributed by atoms with Crippen molar-refractivity contribution in [3.05, 3.63) is 0 Å². The minimum atomic E-state index is 0.716. The normalized spacial score (nSPS) is 21.5. The Morgan fingerprint density at radius 1 is 1.33 bits per heavy atom. The highest BCUT2D eigenvalue weighted by Crippen LogP contribution is 2.09. The Balaban J connectivity index is 2.16. The quantitative estimate of drug-likeness (QED) is 0.672. The van der Waals surface area contributed by atoms with Gasteiger partial charge in [0.15, 0.2) is 0 Å². The third-order valence-corrected chi connectivity index (χ3v) is 2.72. The first-order valence-corrected chi connectivity index (χ1v) is 5.26. The lowest BCUT2D eigenvalue weighted by molar-refractivity contribution is 0.289. The Morgan fingerprint density at radius 2 is 2.00 bits per heavy atom. The van der Waals surface area contributed by atoms with Crippen molar-refractivity contribution in [3.63, 3.8) is 0 Å². The zero-order valence-corrected chi connectivity index (χ0v) is 8.47. The van der Waals surface area contributed by atoms with Crippen molar-refractivity contribution < 1.29 is 0 Å². The molecule has 0 radical (unpaired) electrons. The van der Waals surface area contributed by atoms with Crippen LogP contribution in [0.3, 0.4) is 0 Å². The molecular weight excluding hydrogens is 148 g/mol. The van der Waals surface area contributed by atoms with Gasteiger partial charge in [-0.25, -0.2) is 0 Å². The molecule has 0 spiro atoms. The molecule has 1 N–H and O–H groups in total. The Morgan fingerprint density at radius 3 is 2.50 bits per heavy atom. The standard InChI is InChI=1S/C10H22N2/c1-3-6-10(11-2)9-12-7-4-5-8-12/h10-11H,3-9H2,1-2H3. The lowest BCUT2D eigenvalue weighted by Crippen LogP contribution is -2.37. The van der Waals surface area contributed by atoms with E-state index >= 15 is 0 Å². The van der Waals surface area contributed by atoms with Gasteiger partial charge in [-0.05, 0) is 39.4 Å². The van der Waals surface area contributed by atoms with Crippen molar-refractivity contribution in [2.45, 2.75) is 38.6 Å². The van der Waals surface area contributed by atoms with Crippen LogP contribution in [0, 0.1) is 0 Å². The number of nitrogens with zero attached hydrogens (tertiary/aromatic N) is 1. The largest absolute Gasteiger partial charge is 0.316 e. The van der Waals surface area contributed by atoms with Gasteiger partial charge < -0.3 is 10.2 Å². The molecule has 0 saturated carbocycles. The Labute approximate surface area is 76.3 Å². The van der Waals surface area contributed by atoms with E-state index in [0.717, 1.165) is 0 Å². The van der Waals surface area contributed by atoms with Crippen molar-refractivity contribution in [2.75, 3.05) is 26.7 Å². The van der Waals surface area contributed by atoms with Crippen LogP contribution in [0.5, 0.6) is 0 Å². The second-order valence-corrected chi connectivity index (χ2v) is 3.78. The lowest BCUT2D eigenvalue weighted by Gasteiger charge is -2.22. The summed E-state index contributed by atoms with van der Waals surface area (Å²) in [5, 5.41) is 3.39. The fourth-order valence-corrected chi connectivity index (χ4v) is 1.95. The van der Waals surface area contributed by atoms with Crippen LogP contribution in [-0.4, -0.2) is 37.6 Å². The average Bonchev–Trinajstić information content (AvgIpc) is 2.56. The highest BCUT2D eigenvalue weighted by molar-refractivity contribution is 4.73. The van der Waals surface area contributed by atoms with Gasteiger partial charge in [0.1, 0.15) is 0 Å². The van der Waals surface area contributed by atoms with Gasteiger partial charge in [-0.3, -0.25) is 0 Å². The van der Waals surface area contributed by atoms with E-state index in [2.05, 4.69) is 24.2 Å². The molecule has 1 rings (SSSR count). The molecule has 1 heterocycles. The highest BCUT2D eigenvalue weighted by Gasteiger charge is 2.15. The number of likely N-dealkylation sites (tertiary alicyclic amines) is 1. The number of rotatable bonds is 5. The molecule has 2 nitrogen and oxygen atoms in total. The van der Waals surface area contributed by atoms with Crippen LogP contribution in [0.1, 0.15) is 32.6 Å². The first-order chi connectivity index (χ1) is 5.86. The van der Waals surface area contributed by atoms with Crippen LogP contribution < -0.4 is 5.32 Å². The molecule has 1 unspecified atom stereocenters. The van der Waals surface area contributed by atoms with Crippen LogP contribution >= 0.6 is 0 Å². The van der Waals surface area contributed by atoms with Crippen molar-refractivity contribution in [1.29, 1.82) is 0 Å². The molecule has 0 aliphatic carbocycles. The Bertz CT molecular complexity index is 108. The molecular formula is C10H22N2. The molecule has 1 saturated heterocycles. The number of nitrogens with one attached hydrogen (secondary N) is 1. The molecule has 2 heteroatoms. The van der Waals surface area contributed by atoms with E-state index in [1.807, 2.05) is 0 Å². The molecule has 0 amide bonds. The summed E-state index contributed by atoms with van der Waals surface area (Å²) in [6.45, 7) is 6.16. The zero-order valence-electron chi connectivity index (χ0n) is 8.47. The van der Waals surface area contributed by atoms with E-state index in [1.165, 1.54) is 45.3 Å². The van der Waals surface area contributed by atoms with E-state index in [1.54, 1.807) is 0 Å². The predicted octanol–water partition coefficient (Wildman–Crippen LogP) is 1.47. The second kappa shape index (κ2) is 5.55. The first-order valence-electron chi connectivity index (χ1n) is 5.26. The smallest absolute Gasteiger partial charge is 0.0191 e. The molecule has 1 fully saturated rings. The second-order valence-electron chi connectivity index (χ2n) is 3.78. The molecule has 1 atom stereocenters. The van der Waals surface area contributed by atoms with E-state index < -0.39 is 0 Å². The molecule has 0 aromatic rings. The summed E-state index contributed by atoms with van der Waals surface area (Å²) in [6, 6.07) is 0.716. The average molecular weight is 170 g/mol. The lowest BCUT2D eigenvalue weighted by atomic mass is 10.1. The Kier molecular flexibility index (Phi) is 4.62. The summed E-state index contributed by atoms with van der Waals surface area (Å²) in [7, 11) is 2.08. The zero-order chi connectivity index (χ0) is 8.81. The monoisotopic (exact) mass is 170 g/mol. The fraction of sp³-hybridized carbons (Fsp3) is 1.00. The van der Waals surface area contributed by atoms with E-state index in [4.69, 9.17) is 0 Å². The minimum absolute atomic E-state index is 0.716. The van der Waals surface area contributed by atoms with E-state index in [9.17, 15) is 0 Å². The van der Waals surface area contributed by atoms with Gasteiger partial charge in [-0.2, -0.15) is 0 Å². The van der Waals surface area contributed by atoms with Crippen LogP contribution in [0.25, 0.3) is 0 Å². The highest BCUT2D eigenvalue weighted by atomic mass is 15.2. The maximum Gasteiger partial charge on any atom is 0.0191 e. The van der Waals surface area contributed by atoms with Crippen LogP contribution in [0.4, 0.5) is 0 Å². The van der Waals surface area contributed by atoms with Crippen molar-refractivity contribution in [2.24, 2.45) is 0 Å². The maximum absolute atomic E-state index is 3.39. The van der Waals surface area contributed by atoms with Gasteiger partial charge >= 0.3 is 0 Å². The van der Waals surface area contributed by atoms with Gasteiger partial charge in [0.2, 0.25) is 0 Å². The van der Waals surface area contributed by atoms with Crippen LogP contribution in [0.15, 0.2) is 0 Å². The molecule has 1 aliphatic heterocycles. The van der Waals surface area contributed by atoms with Crippen LogP contribution in [0.2, 0.25) is 0 Å². The van der Waals surface area contributed by atoms with Gasteiger partial charge in [0, 0.05) is 12.6 Å². The van der Waals surface area contributed by atoms with Gasteiger partial charge in [0.25, 0.3) is 0 Å². The molecule has 1 aliphatic rings. The van der Waals surface area contributed by atoms with Gasteiger partial charge in [0.05, 0.1) is 0 Å².